The summed E-state index contributed by atoms with van der Waals surface area (Å²) in [5.74, 6) is 1.98. The van der Waals surface area contributed by atoms with E-state index in [0.29, 0.717) is 12.1 Å². The number of benzene rings is 2. The van der Waals surface area contributed by atoms with Crippen molar-refractivity contribution in [3.63, 3.8) is 0 Å². The van der Waals surface area contributed by atoms with Gasteiger partial charge in [0.05, 0.1) is 11.0 Å². The van der Waals surface area contributed by atoms with Gasteiger partial charge in [-0.1, -0.05) is 42.5 Å². The van der Waals surface area contributed by atoms with E-state index in [9.17, 15) is 0 Å². The molecular weight excluding hydrogens is 523 g/mol. The van der Waals surface area contributed by atoms with Crippen LogP contribution in [-0.2, 0) is 13.1 Å². The first-order chi connectivity index (χ1) is 15.6. The summed E-state index contributed by atoms with van der Waals surface area (Å²) < 4.78 is 2.30. The Morgan fingerprint density at radius 3 is 2.64 bits per heavy atom. The number of imidazole rings is 1. The van der Waals surface area contributed by atoms with Gasteiger partial charge in [-0.15, -0.1) is 24.0 Å². The zero-order valence-corrected chi connectivity index (χ0v) is 22.3. The Morgan fingerprint density at radius 2 is 1.88 bits per heavy atom. The first kappa shape index (κ1) is 25.5. The molecule has 0 bridgehead atoms. The van der Waals surface area contributed by atoms with Gasteiger partial charge in [0.15, 0.2) is 5.96 Å². The summed E-state index contributed by atoms with van der Waals surface area (Å²) in [6.45, 7) is 8.39. The van der Waals surface area contributed by atoms with E-state index in [2.05, 4.69) is 92.5 Å². The molecule has 6 nitrogen and oxygen atoms in total. The lowest BCUT2D eigenvalue weighted by molar-refractivity contribution is 0.134. The number of halogens is 1. The summed E-state index contributed by atoms with van der Waals surface area (Å²) in [6, 6.07) is 20.1. The summed E-state index contributed by atoms with van der Waals surface area (Å²) in [6.07, 6.45) is 3.29. The van der Waals surface area contributed by atoms with Gasteiger partial charge in [0.25, 0.3) is 0 Å². The van der Waals surface area contributed by atoms with Crippen LogP contribution in [0.2, 0.25) is 0 Å². The van der Waals surface area contributed by atoms with Crippen LogP contribution in [0, 0.1) is 6.92 Å². The Bertz CT molecular complexity index is 1030. The fraction of sp³-hybridized carbons (Fsp3) is 0.462. The van der Waals surface area contributed by atoms with Crippen LogP contribution in [0.3, 0.4) is 0 Å². The molecule has 2 N–H and O–H groups in total. The van der Waals surface area contributed by atoms with E-state index in [1.807, 2.05) is 13.1 Å². The van der Waals surface area contributed by atoms with Gasteiger partial charge in [-0.25, -0.2) is 4.98 Å². The van der Waals surface area contributed by atoms with E-state index >= 15 is 0 Å². The van der Waals surface area contributed by atoms with Crippen molar-refractivity contribution in [2.75, 3.05) is 20.1 Å². The van der Waals surface area contributed by atoms with E-state index < -0.39 is 0 Å². The van der Waals surface area contributed by atoms with Crippen LogP contribution in [0.25, 0.3) is 11.0 Å². The molecule has 2 unspecified atom stereocenters. The molecule has 178 valence electrons. The van der Waals surface area contributed by atoms with Crippen LogP contribution in [0.1, 0.15) is 37.6 Å². The number of piperidine rings is 1. The molecule has 1 aromatic heterocycles. The SMILES string of the molecule is CN=C(NCCCn1c(C)nc2ccccc21)NC1CCN(Cc2ccccc2)C(C)C1.I. The zero-order chi connectivity index (χ0) is 22.3. The van der Waals surface area contributed by atoms with Crippen LogP contribution in [0.4, 0.5) is 0 Å². The first-order valence-corrected chi connectivity index (χ1v) is 11.8. The quantitative estimate of drug-likeness (QED) is 0.193. The fourth-order valence-electron chi connectivity index (χ4n) is 4.71. The van der Waals surface area contributed by atoms with Gasteiger partial charge >= 0.3 is 0 Å². The molecule has 1 saturated heterocycles. The Hall–Kier alpha value is -2.13. The molecule has 0 saturated carbocycles. The minimum absolute atomic E-state index is 0. The lowest BCUT2D eigenvalue weighted by Gasteiger charge is -2.38. The van der Waals surface area contributed by atoms with Gasteiger partial charge in [0.1, 0.15) is 5.82 Å². The van der Waals surface area contributed by atoms with E-state index in [-0.39, 0.29) is 24.0 Å². The molecule has 33 heavy (non-hydrogen) atoms. The molecule has 2 atom stereocenters. The Morgan fingerprint density at radius 1 is 1.12 bits per heavy atom. The van der Waals surface area contributed by atoms with Gasteiger partial charge in [-0.3, -0.25) is 9.89 Å². The van der Waals surface area contributed by atoms with Crippen LogP contribution in [0.5, 0.6) is 0 Å². The Labute approximate surface area is 214 Å². The van der Waals surface area contributed by atoms with Gasteiger partial charge in [-0.05, 0) is 50.8 Å². The lowest BCUT2D eigenvalue weighted by atomic mass is 9.97. The molecule has 3 aromatic rings. The number of likely N-dealkylation sites (tertiary alicyclic amines) is 1. The van der Waals surface area contributed by atoms with Gasteiger partial charge in [-0.2, -0.15) is 0 Å². The molecule has 2 aromatic carbocycles. The van der Waals surface area contributed by atoms with Crippen LogP contribution in [0.15, 0.2) is 59.6 Å². The third kappa shape index (κ3) is 6.69. The van der Waals surface area contributed by atoms with E-state index in [0.717, 1.165) is 62.7 Å². The molecule has 1 fully saturated rings. The molecule has 0 aliphatic carbocycles. The summed E-state index contributed by atoms with van der Waals surface area (Å²) >= 11 is 0. The number of nitrogens with one attached hydrogen (secondary N) is 2. The third-order valence-corrected chi connectivity index (χ3v) is 6.50. The first-order valence-electron chi connectivity index (χ1n) is 11.8. The van der Waals surface area contributed by atoms with Gasteiger partial charge in [0, 0.05) is 45.3 Å². The molecule has 0 radical (unpaired) electrons. The summed E-state index contributed by atoms with van der Waals surface area (Å²) in [5, 5.41) is 7.15. The molecule has 7 heteroatoms. The number of aromatic nitrogens is 2. The molecule has 2 heterocycles. The van der Waals surface area contributed by atoms with E-state index in [1.165, 1.54) is 11.1 Å². The number of nitrogens with zero attached hydrogens (tertiary/aromatic N) is 4. The zero-order valence-electron chi connectivity index (χ0n) is 20.0. The van der Waals surface area contributed by atoms with Crippen molar-refractivity contribution in [2.45, 2.75) is 58.3 Å². The van der Waals surface area contributed by atoms with Crippen molar-refractivity contribution in [2.24, 2.45) is 4.99 Å². The summed E-state index contributed by atoms with van der Waals surface area (Å²) in [7, 11) is 1.86. The highest BCUT2D eigenvalue weighted by Crippen LogP contribution is 2.20. The van der Waals surface area contributed by atoms with E-state index in [4.69, 9.17) is 0 Å². The van der Waals surface area contributed by atoms with Crippen LogP contribution in [-0.4, -0.2) is 52.6 Å². The molecule has 1 aliphatic rings. The van der Waals surface area contributed by atoms with Gasteiger partial charge < -0.3 is 15.2 Å². The lowest BCUT2D eigenvalue weighted by Crippen LogP contribution is -2.51. The van der Waals surface area contributed by atoms with Crippen molar-refractivity contribution < 1.29 is 0 Å². The number of fused-ring (bicyclic) bond motifs is 1. The maximum atomic E-state index is 4.66. The number of aliphatic imine (C=N–C) groups is 1. The minimum atomic E-state index is 0. The monoisotopic (exact) mass is 560 g/mol. The predicted octanol–water partition coefficient (Wildman–Crippen LogP) is 4.57. The number of para-hydroxylation sites is 2. The smallest absolute Gasteiger partial charge is 0.191 e. The second-order valence-electron chi connectivity index (χ2n) is 8.82. The number of rotatable bonds is 7. The topological polar surface area (TPSA) is 57.5 Å². The maximum Gasteiger partial charge on any atom is 0.191 e. The third-order valence-electron chi connectivity index (χ3n) is 6.50. The van der Waals surface area contributed by atoms with Crippen molar-refractivity contribution >= 4 is 41.0 Å². The molecule has 0 amide bonds. The number of aryl methyl sites for hydroxylation is 2. The highest BCUT2D eigenvalue weighted by Gasteiger charge is 2.25. The maximum absolute atomic E-state index is 4.66. The summed E-state index contributed by atoms with van der Waals surface area (Å²) in [4.78, 5) is 11.7. The summed E-state index contributed by atoms with van der Waals surface area (Å²) in [5.41, 5.74) is 3.68. The normalized spacial score (nSPS) is 19.3. The van der Waals surface area contributed by atoms with Crippen molar-refractivity contribution in [1.29, 1.82) is 0 Å². The highest BCUT2D eigenvalue weighted by atomic mass is 127. The molecule has 1 aliphatic heterocycles. The molecule has 0 spiro atoms. The average Bonchev–Trinajstić information content (AvgIpc) is 3.13. The minimum Gasteiger partial charge on any atom is -0.356 e. The van der Waals surface area contributed by atoms with Crippen molar-refractivity contribution in [1.82, 2.24) is 25.1 Å². The van der Waals surface area contributed by atoms with Crippen molar-refractivity contribution in [3.05, 3.63) is 66.0 Å². The number of hydrogen-bond acceptors (Lipinski definition) is 3. The Kier molecular flexibility index (Phi) is 9.55. The molecular formula is C26H37IN6. The fourth-order valence-corrected chi connectivity index (χ4v) is 4.71. The van der Waals surface area contributed by atoms with Gasteiger partial charge in [0.2, 0.25) is 0 Å². The van der Waals surface area contributed by atoms with Crippen LogP contribution < -0.4 is 10.6 Å². The average molecular weight is 561 g/mol. The number of hydrogen-bond donors (Lipinski definition) is 2. The number of guanidine groups is 1. The molecule has 4 rings (SSSR count). The largest absolute Gasteiger partial charge is 0.356 e. The second kappa shape index (κ2) is 12.4. The second-order valence-corrected chi connectivity index (χ2v) is 8.82. The van der Waals surface area contributed by atoms with E-state index in [1.54, 1.807) is 0 Å². The Balaban J connectivity index is 0.00000306. The standard InChI is InChI=1S/C26H36N6.HI/c1-20-18-23(14-17-31(20)19-22-10-5-4-6-11-22)30-26(27-3)28-15-9-16-32-21(2)29-24-12-7-8-13-25(24)32;/h4-8,10-13,20,23H,9,14-19H2,1-3H3,(H2,27,28,30);1H. The predicted molar refractivity (Wildman–Crippen MR) is 148 cm³/mol. The van der Waals surface area contributed by atoms with Crippen LogP contribution >= 0.6 is 24.0 Å². The van der Waals surface area contributed by atoms with Crippen molar-refractivity contribution in [3.8, 4) is 0 Å². The highest BCUT2D eigenvalue weighted by molar-refractivity contribution is 14.0.